The summed E-state index contributed by atoms with van der Waals surface area (Å²) in [6.07, 6.45) is 3.91. The molecule has 0 atom stereocenters. The molecule has 0 spiro atoms. The zero-order valence-corrected chi connectivity index (χ0v) is 13.7. The summed E-state index contributed by atoms with van der Waals surface area (Å²) in [4.78, 5) is 8.19. The van der Waals surface area contributed by atoms with Crippen LogP contribution in [0.4, 0.5) is 4.39 Å². The largest absolute Gasteiger partial charge is 0.493 e. The monoisotopic (exact) mass is 335 g/mol. The topological polar surface area (TPSA) is 48.7 Å². The highest BCUT2D eigenvalue weighted by atomic mass is 35.5. The quantitative estimate of drug-likeness (QED) is 0.728. The van der Waals surface area contributed by atoms with Crippen LogP contribution in [0, 0.1) is 5.95 Å². The van der Waals surface area contributed by atoms with Crippen LogP contribution in [0.25, 0.3) is 16.9 Å². The van der Waals surface area contributed by atoms with E-state index in [9.17, 15) is 4.39 Å². The molecule has 0 unspecified atom stereocenters. The zero-order valence-electron chi connectivity index (χ0n) is 12.9. The Morgan fingerprint density at radius 3 is 2.57 bits per heavy atom. The molecule has 1 aromatic carbocycles. The summed E-state index contributed by atoms with van der Waals surface area (Å²) < 4.78 is 26.6. The Labute approximate surface area is 137 Å². The second-order valence-corrected chi connectivity index (χ2v) is 5.31. The van der Waals surface area contributed by atoms with Gasteiger partial charge in [0.05, 0.1) is 31.1 Å². The van der Waals surface area contributed by atoms with E-state index in [-0.39, 0.29) is 5.69 Å². The van der Waals surface area contributed by atoms with Gasteiger partial charge in [-0.15, -0.1) is 0 Å². The van der Waals surface area contributed by atoms with Crippen molar-refractivity contribution in [3.63, 3.8) is 0 Å². The highest BCUT2D eigenvalue weighted by molar-refractivity contribution is 6.33. The second-order valence-electron chi connectivity index (χ2n) is 4.90. The third kappa shape index (κ3) is 2.59. The van der Waals surface area contributed by atoms with Crippen molar-refractivity contribution < 1.29 is 13.9 Å². The maximum absolute atomic E-state index is 14.4. The first-order valence-corrected chi connectivity index (χ1v) is 7.41. The number of ether oxygens (including phenoxy) is 2. The Hall–Kier alpha value is -2.34. The lowest BCUT2D eigenvalue weighted by atomic mass is 10.1. The van der Waals surface area contributed by atoms with Gasteiger partial charge in [-0.1, -0.05) is 18.5 Å². The fraction of sp³-hybridized carbons (Fsp3) is 0.250. The van der Waals surface area contributed by atoms with Crippen LogP contribution in [0.2, 0.25) is 5.02 Å². The summed E-state index contributed by atoms with van der Waals surface area (Å²) in [5.74, 6) is 0.299. The van der Waals surface area contributed by atoms with Gasteiger partial charge in [-0.2, -0.15) is 4.39 Å². The van der Waals surface area contributed by atoms with Crippen LogP contribution in [-0.4, -0.2) is 28.6 Å². The Kier molecular flexibility index (Phi) is 4.09. The minimum absolute atomic E-state index is 0.237. The molecule has 0 aliphatic rings. The van der Waals surface area contributed by atoms with Gasteiger partial charge in [0, 0.05) is 17.8 Å². The smallest absolute Gasteiger partial charge is 0.237 e. The van der Waals surface area contributed by atoms with E-state index in [4.69, 9.17) is 21.1 Å². The van der Waals surface area contributed by atoms with E-state index in [0.29, 0.717) is 27.7 Å². The third-order valence-corrected chi connectivity index (χ3v) is 3.92. The summed E-state index contributed by atoms with van der Waals surface area (Å²) >= 11 is 6.32. The van der Waals surface area contributed by atoms with Crippen LogP contribution in [0.1, 0.15) is 12.6 Å². The van der Waals surface area contributed by atoms with E-state index in [1.165, 1.54) is 20.4 Å². The number of halogens is 2. The van der Waals surface area contributed by atoms with Crippen LogP contribution < -0.4 is 9.47 Å². The Morgan fingerprint density at radius 1 is 1.22 bits per heavy atom. The number of rotatable bonds is 4. The lowest BCUT2D eigenvalue weighted by Gasteiger charge is -2.13. The molecule has 3 aromatic rings. The van der Waals surface area contributed by atoms with E-state index in [1.807, 2.05) is 6.92 Å². The molecule has 0 aliphatic heterocycles. The molecule has 120 valence electrons. The molecule has 0 bridgehead atoms. The molecule has 0 amide bonds. The number of imidazole rings is 1. The minimum atomic E-state index is -0.633. The van der Waals surface area contributed by atoms with Crippen molar-refractivity contribution in [2.75, 3.05) is 14.2 Å². The van der Waals surface area contributed by atoms with Crippen molar-refractivity contribution in [3.05, 3.63) is 41.2 Å². The molecule has 0 saturated heterocycles. The van der Waals surface area contributed by atoms with Crippen LogP contribution in [0.3, 0.4) is 0 Å². The SMILES string of the molecule is CCc1cn2c(-c3cc(OC)c(OC)cc3Cl)c(F)ncc2n1. The second kappa shape index (κ2) is 6.04. The molecule has 0 saturated carbocycles. The molecule has 0 aliphatic carbocycles. The molecule has 2 aromatic heterocycles. The molecule has 3 rings (SSSR count). The van der Waals surface area contributed by atoms with E-state index in [1.54, 1.807) is 22.7 Å². The molecular formula is C16H15ClFN3O2. The van der Waals surface area contributed by atoms with Crippen LogP contribution in [0.5, 0.6) is 11.5 Å². The van der Waals surface area contributed by atoms with Crippen molar-refractivity contribution in [3.8, 4) is 22.8 Å². The van der Waals surface area contributed by atoms with E-state index in [2.05, 4.69) is 9.97 Å². The van der Waals surface area contributed by atoms with Crippen LogP contribution >= 0.6 is 11.6 Å². The van der Waals surface area contributed by atoms with Gasteiger partial charge in [0.15, 0.2) is 17.1 Å². The average Bonchev–Trinajstić information content (AvgIpc) is 2.98. The van der Waals surface area contributed by atoms with Crippen molar-refractivity contribution in [1.29, 1.82) is 0 Å². The minimum Gasteiger partial charge on any atom is -0.493 e. The fourth-order valence-corrected chi connectivity index (χ4v) is 2.68. The third-order valence-electron chi connectivity index (χ3n) is 3.60. The Balaban J connectivity index is 2.31. The fourth-order valence-electron chi connectivity index (χ4n) is 2.44. The molecule has 23 heavy (non-hydrogen) atoms. The van der Waals surface area contributed by atoms with Crippen LogP contribution in [0.15, 0.2) is 24.5 Å². The van der Waals surface area contributed by atoms with Crippen molar-refractivity contribution in [2.45, 2.75) is 13.3 Å². The Morgan fingerprint density at radius 2 is 1.91 bits per heavy atom. The van der Waals surface area contributed by atoms with Gasteiger partial charge in [0.25, 0.3) is 0 Å². The molecule has 7 heteroatoms. The lowest BCUT2D eigenvalue weighted by Crippen LogP contribution is -2.00. The van der Waals surface area contributed by atoms with E-state index in [0.717, 1.165) is 12.1 Å². The van der Waals surface area contributed by atoms with Gasteiger partial charge in [-0.25, -0.2) is 9.97 Å². The number of aryl methyl sites for hydroxylation is 1. The summed E-state index contributed by atoms with van der Waals surface area (Å²) in [5.41, 5.74) is 2.10. The average molecular weight is 336 g/mol. The van der Waals surface area contributed by atoms with Crippen LogP contribution in [-0.2, 0) is 6.42 Å². The summed E-state index contributed by atoms with van der Waals surface area (Å²) in [5, 5.41) is 0.336. The predicted octanol–water partition coefficient (Wildman–Crippen LogP) is 3.77. The maximum atomic E-state index is 14.4. The number of nitrogens with zero attached hydrogens (tertiary/aromatic N) is 3. The standard InChI is InChI=1S/C16H15ClFN3O2/c1-4-9-8-21-14(20-9)7-19-16(18)15(21)10-5-12(22-2)13(23-3)6-11(10)17/h5-8H,4H2,1-3H3. The summed E-state index contributed by atoms with van der Waals surface area (Å²) in [6, 6.07) is 3.22. The number of methoxy groups -OCH3 is 2. The molecule has 0 radical (unpaired) electrons. The van der Waals surface area contributed by atoms with Crippen molar-refractivity contribution >= 4 is 17.2 Å². The summed E-state index contributed by atoms with van der Waals surface area (Å²) in [6.45, 7) is 1.98. The van der Waals surface area contributed by atoms with Gasteiger partial charge in [0.1, 0.15) is 5.69 Å². The first kappa shape index (κ1) is 15.6. The zero-order chi connectivity index (χ0) is 16.6. The van der Waals surface area contributed by atoms with Gasteiger partial charge < -0.3 is 9.47 Å². The highest BCUT2D eigenvalue weighted by Gasteiger charge is 2.19. The first-order chi connectivity index (χ1) is 11.1. The first-order valence-electron chi connectivity index (χ1n) is 7.03. The Bertz CT molecular complexity index is 879. The van der Waals surface area contributed by atoms with Gasteiger partial charge >= 0.3 is 0 Å². The van der Waals surface area contributed by atoms with E-state index >= 15 is 0 Å². The number of fused-ring (bicyclic) bond motifs is 1. The number of hydrogen-bond acceptors (Lipinski definition) is 4. The number of benzene rings is 1. The molecule has 5 nitrogen and oxygen atoms in total. The molecule has 0 N–H and O–H groups in total. The number of aromatic nitrogens is 3. The number of hydrogen-bond donors (Lipinski definition) is 0. The predicted molar refractivity (Wildman–Crippen MR) is 85.9 cm³/mol. The van der Waals surface area contributed by atoms with Gasteiger partial charge in [0.2, 0.25) is 5.95 Å². The summed E-state index contributed by atoms with van der Waals surface area (Å²) in [7, 11) is 3.03. The van der Waals surface area contributed by atoms with Gasteiger partial charge in [-0.05, 0) is 12.5 Å². The van der Waals surface area contributed by atoms with E-state index < -0.39 is 5.95 Å². The maximum Gasteiger partial charge on any atom is 0.237 e. The van der Waals surface area contributed by atoms with Crippen molar-refractivity contribution in [1.82, 2.24) is 14.4 Å². The molecule has 0 fully saturated rings. The normalized spacial score (nSPS) is 11.0. The highest BCUT2D eigenvalue weighted by Crippen LogP contribution is 2.39. The lowest BCUT2D eigenvalue weighted by molar-refractivity contribution is 0.355. The van der Waals surface area contributed by atoms with Crippen molar-refractivity contribution in [2.24, 2.45) is 0 Å². The molecular weight excluding hydrogens is 321 g/mol. The molecule has 2 heterocycles. The van der Waals surface area contributed by atoms with Gasteiger partial charge in [-0.3, -0.25) is 4.40 Å².